The lowest BCUT2D eigenvalue weighted by Gasteiger charge is -2.14. The van der Waals surface area contributed by atoms with Crippen LogP contribution in [0.15, 0.2) is 212 Å². The van der Waals surface area contributed by atoms with Crippen molar-refractivity contribution in [2.75, 3.05) is 0 Å². The fourth-order valence-corrected chi connectivity index (χ4v) is 9.26. The highest BCUT2D eigenvalue weighted by Gasteiger charge is 2.16. The maximum atomic E-state index is 5.28. The summed E-state index contributed by atoms with van der Waals surface area (Å²) in [5, 5.41) is 9.60. The second kappa shape index (κ2) is 13.4. The van der Waals surface area contributed by atoms with E-state index >= 15 is 0 Å². The number of para-hydroxylation sites is 2. The van der Waals surface area contributed by atoms with Crippen LogP contribution < -0.4 is 0 Å². The molecule has 0 amide bonds. The summed E-state index contributed by atoms with van der Waals surface area (Å²) in [4.78, 5) is 10.3. The molecule has 274 valence electrons. The van der Waals surface area contributed by atoms with E-state index in [9.17, 15) is 0 Å². The molecule has 10 aromatic carbocycles. The molecule has 0 fully saturated rings. The second-order valence-electron chi connectivity index (χ2n) is 15.3. The minimum absolute atomic E-state index is 0.863. The van der Waals surface area contributed by atoms with Crippen LogP contribution in [0.3, 0.4) is 0 Å². The van der Waals surface area contributed by atoms with Gasteiger partial charge < -0.3 is 4.57 Å². The molecule has 0 radical (unpaired) electrons. The average molecular weight is 750 g/mol. The number of benzene rings is 10. The molecule has 12 aromatic rings. The van der Waals surface area contributed by atoms with Crippen LogP contribution in [0.1, 0.15) is 0 Å². The lowest BCUT2D eigenvalue weighted by atomic mass is 9.91. The van der Waals surface area contributed by atoms with E-state index < -0.39 is 0 Å². The molecule has 0 unspecified atom stereocenters. The molecule has 0 bridgehead atoms. The molecule has 0 aliphatic rings. The van der Waals surface area contributed by atoms with Crippen molar-refractivity contribution >= 4 is 65.2 Å². The first kappa shape index (κ1) is 33.3. The number of fused-ring (bicyclic) bond motifs is 10. The van der Waals surface area contributed by atoms with Crippen molar-refractivity contribution < 1.29 is 0 Å². The smallest absolute Gasteiger partial charge is 0.0979 e. The number of aromatic nitrogens is 3. The van der Waals surface area contributed by atoms with Crippen molar-refractivity contribution in [1.29, 1.82) is 0 Å². The zero-order chi connectivity index (χ0) is 38.9. The van der Waals surface area contributed by atoms with E-state index in [0.29, 0.717) is 0 Å². The van der Waals surface area contributed by atoms with Crippen LogP contribution in [0.2, 0.25) is 0 Å². The van der Waals surface area contributed by atoms with Gasteiger partial charge in [0.05, 0.1) is 34.0 Å². The molecule has 0 N–H and O–H groups in total. The van der Waals surface area contributed by atoms with Crippen LogP contribution in [0.5, 0.6) is 0 Å². The van der Waals surface area contributed by atoms with Gasteiger partial charge in [0.2, 0.25) is 0 Å². The van der Waals surface area contributed by atoms with Gasteiger partial charge in [-0.25, -0.2) is 4.98 Å². The normalized spacial score (nSPS) is 11.7. The summed E-state index contributed by atoms with van der Waals surface area (Å²) in [5.74, 6) is 0. The molecule has 0 atom stereocenters. The topological polar surface area (TPSA) is 30.7 Å². The molecule has 12 rings (SSSR count). The van der Waals surface area contributed by atoms with Gasteiger partial charge in [0, 0.05) is 32.8 Å². The highest BCUT2D eigenvalue weighted by molar-refractivity contribution is 6.23. The van der Waals surface area contributed by atoms with E-state index in [0.717, 1.165) is 38.6 Å². The first-order valence-electron chi connectivity index (χ1n) is 20.2. The maximum Gasteiger partial charge on any atom is 0.0979 e. The first-order chi connectivity index (χ1) is 29.3. The number of hydrogen-bond donors (Lipinski definition) is 0. The Morgan fingerprint density at radius 1 is 0.305 bits per heavy atom. The van der Waals surface area contributed by atoms with Gasteiger partial charge in [-0.05, 0) is 91.3 Å². The van der Waals surface area contributed by atoms with Crippen molar-refractivity contribution in [2.24, 2.45) is 0 Å². The van der Waals surface area contributed by atoms with Gasteiger partial charge in [-0.15, -0.1) is 0 Å². The summed E-state index contributed by atoms with van der Waals surface area (Å²) < 4.78 is 2.36. The van der Waals surface area contributed by atoms with Gasteiger partial charge in [0.25, 0.3) is 0 Å². The average Bonchev–Trinajstić information content (AvgIpc) is 3.65. The molecule has 2 heterocycles. The molecule has 2 aromatic heterocycles. The predicted octanol–water partition coefficient (Wildman–Crippen LogP) is 14.9. The van der Waals surface area contributed by atoms with Crippen LogP contribution >= 0.6 is 0 Å². The van der Waals surface area contributed by atoms with Crippen molar-refractivity contribution in [3.05, 3.63) is 212 Å². The van der Waals surface area contributed by atoms with Crippen molar-refractivity contribution in [2.45, 2.75) is 0 Å². The summed E-state index contributed by atoms with van der Waals surface area (Å²) in [7, 11) is 0. The van der Waals surface area contributed by atoms with E-state index in [2.05, 4.69) is 211 Å². The Labute approximate surface area is 341 Å². The molecule has 3 nitrogen and oxygen atoms in total. The van der Waals surface area contributed by atoms with Gasteiger partial charge in [0.1, 0.15) is 0 Å². The Kier molecular flexibility index (Phi) is 7.54. The molecular weight excluding hydrogens is 715 g/mol. The number of hydrogen-bond acceptors (Lipinski definition) is 2. The minimum Gasteiger partial charge on any atom is -0.309 e. The molecule has 0 aliphatic heterocycles. The Hall–Kier alpha value is -7.88. The third kappa shape index (κ3) is 5.36. The molecular formula is C56H35N3. The monoisotopic (exact) mass is 749 g/mol. The van der Waals surface area contributed by atoms with Crippen LogP contribution in [0.25, 0.3) is 115 Å². The van der Waals surface area contributed by atoms with E-state index in [1.165, 1.54) is 76.9 Å². The third-order valence-electron chi connectivity index (χ3n) is 12.0. The SMILES string of the molecule is c1ccc(-n2c3ccccc3c3cc(-c4ccc(-c5ccc(-c6cccc(-c7cnc8c9ccccc9c9ccccc9c8n7)c6)c6ccccc56)cc4)ccc32)cc1. The van der Waals surface area contributed by atoms with Gasteiger partial charge >= 0.3 is 0 Å². The Morgan fingerprint density at radius 2 is 0.847 bits per heavy atom. The fourth-order valence-electron chi connectivity index (χ4n) is 9.26. The third-order valence-corrected chi connectivity index (χ3v) is 12.0. The van der Waals surface area contributed by atoms with E-state index in [1.807, 2.05) is 6.20 Å². The Balaban J connectivity index is 0.907. The van der Waals surface area contributed by atoms with Crippen molar-refractivity contribution in [3.8, 4) is 50.3 Å². The largest absolute Gasteiger partial charge is 0.309 e. The van der Waals surface area contributed by atoms with E-state index in [-0.39, 0.29) is 0 Å². The Bertz CT molecular complexity index is 3570. The summed E-state index contributed by atoms with van der Waals surface area (Å²) in [6.07, 6.45) is 1.93. The van der Waals surface area contributed by atoms with Crippen LogP contribution in [0, 0.1) is 0 Å². The van der Waals surface area contributed by atoms with Crippen molar-refractivity contribution in [1.82, 2.24) is 14.5 Å². The lowest BCUT2D eigenvalue weighted by Crippen LogP contribution is -1.93. The van der Waals surface area contributed by atoms with Gasteiger partial charge in [-0.3, -0.25) is 4.98 Å². The maximum absolute atomic E-state index is 5.28. The van der Waals surface area contributed by atoms with Crippen LogP contribution in [0.4, 0.5) is 0 Å². The van der Waals surface area contributed by atoms with Crippen molar-refractivity contribution in [3.63, 3.8) is 0 Å². The number of nitrogens with zero attached hydrogens (tertiary/aromatic N) is 3. The lowest BCUT2D eigenvalue weighted by molar-refractivity contribution is 1.18. The second-order valence-corrected chi connectivity index (χ2v) is 15.3. The molecule has 0 aliphatic carbocycles. The predicted molar refractivity (Wildman–Crippen MR) is 248 cm³/mol. The summed E-state index contributed by atoms with van der Waals surface area (Å²) in [6.45, 7) is 0. The zero-order valence-corrected chi connectivity index (χ0v) is 32.0. The molecule has 0 spiro atoms. The summed E-state index contributed by atoms with van der Waals surface area (Å²) in [6, 6.07) is 74.3. The Morgan fingerprint density at radius 3 is 1.58 bits per heavy atom. The van der Waals surface area contributed by atoms with E-state index in [4.69, 9.17) is 9.97 Å². The zero-order valence-electron chi connectivity index (χ0n) is 32.0. The summed E-state index contributed by atoms with van der Waals surface area (Å²) >= 11 is 0. The molecule has 0 saturated carbocycles. The minimum atomic E-state index is 0.863. The quantitative estimate of drug-likeness (QED) is 0.164. The standard InChI is InChI=1S/C56H35N3/c1-2-15-41(16-3-1)59-53-24-11-10-21-48(53)51-34-38(29-32-54(51)59)36-25-27-37(28-26-36)42-30-31-43(45-18-5-4-17-44(42)45)39-13-12-14-40(33-39)52-35-57-55-49-22-8-6-19-46(49)47-20-7-9-23-50(47)56(55)58-52/h1-35H. The number of rotatable bonds is 5. The molecule has 59 heavy (non-hydrogen) atoms. The van der Waals surface area contributed by atoms with E-state index in [1.54, 1.807) is 0 Å². The van der Waals surface area contributed by atoms with Crippen LogP contribution in [-0.4, -0.2) is 14.5 Å². The molecule has 3 heteroatoms. The molecule has 0 saturated heterocycles. The van der Waals surface area contributed by atoms with Gasteiger partial charge in [-0.2, -0.15) is 0 Å². The van der Waals surface area contributed by atoms with Crippen LogP contribution in [-0.2, 0) is 0 Å². The highest BCUT2D eigenvalue weighted by atomic mass is 15.0. The highest BCUT2D eigenvalue weighted by Crippen LogP contribution is 2.40. The van der Waals surface area contributed by atoms with Gasteiger partial charge in [0.15, 0.2) is 0 Å². The van der Waals surface area contributed by atoms with Gasteiger partial charge in [-0.1, -0.05) is 170 Å². The summed E-state index contributed by atoms with van der Waals surface area (Å²) in [5.41, 5.74) is 14.5. The fraction of sp³-hybridized carbons (Fsp3) is 0. The first-order valence-corrected chi connectivity index (χ1v) is 20.2.